The molecule has 3 aromatic carbocycles. The third-order valence-corrected chi connectivity index (χ3v) is 5.60. The van der Waals surface area contributed by atoms with Crippen LogP contribution in [-0.2, 0) is 4.79 Å². The molecule has 0 fully saturated rings. The number of fused-ring (bicyclic) bond motifs is 1. The van der Waals surface area contributed by atoms with E-state index in [-0.39, 0.29) is 17.7 Å². The number of carbonyl (C=O) groups excluding carboxylic acids is 2. The molecular weight excluding hydrogens is 426 g/mol. The second-order valence-corrected chi connectivity index (χ2v) is 8.70. The second-order valence-electron chi connectivity index (χ2n) is 8.70. The molecule has 0 radical (unpaired) electrons. The summed E-state index contributed by atoms with van der Waals surface area (Å²) in [6, 6.07) is 18.4. The Hall–Kier alpha value is -3.67. The van der Waals surface area contributed by atoms with Gasteiger partial charge in [0.2, 0.25) is 0 Å². The van der Waals surface area contributed by atoms with Crippen LogP contribution in [0, 0.1) is 12.8 Å². The van der Waals surface area contributed by atoms with Gasteiger partial charge in [-0.1, -0.05) is 75.2 Å². The van der Waals surface area contributed by atoms with Gasteiger partial charge in [-0.25, -0.2) is 5.43 Å². The number of carbonyl (C=O) groups is 2. The van der Waals surface area contributed by atoms with Gasteiger partial charge in [-0.05, 0) is 48.2 Å². The lowest BCUT2D eigenvalue weighted by Gasteiger charge is -2.20. The van der Waals surface area contributed by atoms with Crippen LogP contribution < -0.4 is 15.5 Å². The highest BCUT2D eigenvalue weighted by Gasteiger charge is 2.24. The molecule has 34 heavy (non-hydrogen) atoms. The molecule has 3 aromatic rings. The Balaban J connectivity index is 1.75. The predicted octanol–water partition coefficient (Wildman–Crippen LogP) is 5.23. The maximum atomic E-state index is 12.9. The van der Waals surface area contributed by atoms with E-state index in [0.29, 0.717) is 12.2 Å². The topological polar surface area (TPSA) is 79.8 Å². The number of nitrogens with zero attached hydrogens (tertiary/aromatic N) is 1. The summed E-state index contributed by atoms with van der Waals surface area (Å²) in [5, 5.41) is 9.09. The van der Waals surface area contributed by atoms with Gasteiger partial charge in [0.1, 0.15) is 11.8 Å². The molecule has 0 saturated carbocycles. The predicted molar refractivity (Wildman–Crippen MR) is 137 cm³/mol. The molecule has 0 aliphatic carbocycles. The van der Waals surface area contributed by atoms with Crippen LogP contribution in [0.4, 0.5) is 0 Å². The van der Waals surface area contributed by atoms with Gasteiger partial charge in [-0.15, -0.1) is 0 Å². The quantitative estimate of drug-likeness (QED) is 0.247. The smallest absolute Gasteiger partial charge is 0.262 e. The van der Waals surface area contributed by atoms with E-state index in [9.17, 15) is 9.59 Å². The highest BCUT2D eigenvalue weighted by molar-refractivity contribution is 6.03. The van der Waals surface area contributed by atoms with Crippen LogP contribution in [0.2, 0.25) is 0 Å². The molecule has 0 aliphatic rings. The lowest BCUT2D eigenvalue weighted by molar-refractivity contribution is -0.123. The fourth-order valence-electron chi connectivity index (χ4n) is 3.56. The molecule has 0 spiro atoms. The molecule has 2 N–H and O–H groups in total. The van der Waals surface area contributed by atoms with Crippen molar-refractivity contribution in [1.29, 1.82) is 0 Å². The van der Waals surface area contributed by atoms with E-state index < -0.39 is 6.04 Å². The summed E-state index contributed by atoms with van der Waals surface area (Å²) >= 11 is 0. The number of hydrogen-bond donors (Lipinski definition) is 2. The maximum Gasteiger partial charge on any atom is 0.262 e. The van der Waals surface area contributed by atoms with Crippen LogP contribution in [0.5, 0.6) is 5.75 Å². The number of ether oxygens (including phenoxy) is 1. The summed E-state index contributed by atoms with van der Waals surface area (Å²) in [5.74, 6) is -0.0628. The molecule has 178 valence electrons. The Labute approximate surface area is 201 Å². The number of hydrazone groups is 1. The number of nitrogens with one attached hydrogen (secondary N) is 2. The maximum absolute atomic E-state index is 12.9. The zero-order chi connectivity index (χ0) is 24.5. The summed E-state index contributed by atoms with van der Waals surface area (Å²) in [6.07, 6.45) is 3.61. The molecule has 6 heteroatoms. The van der Waals surface area contributed by atoms with Crippen LogP contribution in [0.25, 0.3) is 10.8 Å². The fourth-order valence-corrected chi connectivity index (χ4v) is 3.56. The summed E-state index contributed by atoms with van der Waals surface area (Å²) in [4.78, 5) is 25.5. The fraction of sp³-hybridized carbons (Fsp3) is 0.321. The van der Waals surface area contributed by atoms with Crippen LogP contribution in [0.1, 0.15) is 55.1 Å². The Kier molecular flexibility index (Phi) is 8.79. The Morgan fingerprint density at radius 3 is 2.47 bits per heavy atom. The largest absolute Gasteiger partial charge is 0.493 e. The van der Waals surface area contributed by atoms with Crippen molar-refractivity contribution in [3.8, 4) is 5.75 Å². The van der Waals surface area contributed by atoms with Gasteiger partial charge >= 0.3 is 0 Å². The molecule has 3 rings (SSSR count). The van der Waals surface area contributed by atoms with E-state index in [1.54, 1.807) is 18.3 Å². The first-order valence-electron chi connectivity index (χ1n) is 11.8. The number of amides is 2. The van der Waals surface area contributed by atoms with Crippen LogP contribution in [0.3, 0.4) is 0 Å². The van der Waals surface area contributed by atoms with Gasteiger partial charge < -0.3 is 10.1 Å². The minimum absolute atomic E-state index is 0.116. The molecule has 1 atom stereocenters. The van der Waals surface area contributed by atoms with Crippen molar-refractivity contribution in [3.63, 3.8) is 0 Å². The normalized spacial score (nSPS) is 12.1. The summed E-state index contributed by atoms with van der Waals surface area (Å²) in [7, 11) is 0. The monoisotopic (exact) mass is 459 g/mol. The third kappa shape index (κ3) is 6.44. The minimum Gasteiger partial charge on any atom is -0.493 e. The molecule has 0 aliphatic heterocycles. The Bertz CT molecular complexity index is 1150. The lowest BCUT2D eigenvalue weighted by atomic mass is 10.0. The molecule has 0 saturated heterocycles. The van der Waals surface area contributed by atoms with Crippen molar-refractivity contribution in [2.45, 2.75) is 46.6 Å². The average molecular weight is 460 g/mol. The standard InChI is InChI=1S/C28H33N3O3/c1-5-6-17-34-25-16-15-21-9-7-8-10-23(21)24(25)18-29-31-28(33)26(19(2)3)30-27(32)22-13-11-20(4)12-14-22/h7-16,18-19,26H,5-6,17H2,1-4H3,(H,30,32)(H,31,33). The number of unbranched alkanes of at least 4 members (excludes halogenated alkanes) is 1. The zero-order valence-electron chi connectivity index (χ0n) is 20.3. The van der Waals surface area contributed by atoms with E-state index in [4.69, 9.17) is 4.74 Å². The highest BCUT2D eigenvalue weighted by Crippen LogP contribution is 2.27. The number of hydrogen-bond acceptors (Lipinski definition) is 4. The molecule has 2 amide bonds. The Morgan fingerprint density at radius 1 is 1.03 bits per heavy atom. The molecule has 0 heterocycles. The van der Waals surface area contributed by atoms with Crippen molar-refractivity contribution in [1.82, 2.24) is 10.7 Å². The second kappa shape index (κ2) is 12.0. The first-order valence-corrected chi connectivity index (χ1v) is 11.8. The Morgan fingerprint density at radius 2 is 1.76 bits per heavy atom. The van der Waals surface area contributed by atoms with Crippen molar-refractivity contribution in [2.75, 3.05) is 6.61 Å². The summed E-state index contributed by atoms with van der Waals surface area (Å²) < 4.78 is 5.98. The summed E-state index contributed by atoms with van der Waals surface area (Å²) in [5.41, 5.74) is 4.98. The van der Waals surface area contributed by atoms with Crippen molar-refractivity contribution >= 4 is 28.8 Å². The van der Waals surface area contributed by atoms with Crippen molar-refractivity contribution in [3.05, 3.63) is 77.4 Å². The van der Waals surface area contributed by atoms with Gasteiger partial charge in [0.15, 0.2) is 0 Å². The van der Waals surface area contributed by atoms with E-state index in [2.05, 4.69) is 22.8 Å². The van der Waals surface area contributed by atoms with Crippen LogP contribution in [-0.4, -0.2) is 30.7 Å². The summed E-state index contributed by atoms with van der Waals surface area (Å²) in [6.45, 7) is 8.45. The SMILES string of the molecule is CCCCOc1ccc2ccccc2c1C=NNC(=O)C(NC(=O)c1ccc(C)cc1)C(C)C. The number of benzene rings is 3. The van der Waals surface area contributed by atoms with Gasteiger partial charge in [-0.2, -0.15) is 5.10 Å². The van der Waals surface area contributed by atoms with Gasteiger partial charge in [0, 0.05) is 11.1 Å². The highest BCUT2D eigenvalue weighted by atomic mass is 16.5. The zero-order valence-corrected chi connectivity index (χ0v) is 20.3. The van der Waals surface area contributed by atoms with Gasteiger partial charge in [-0.3, -0.25) is 9.59 Å². The minimum atomic E-state index is -0.723. The number of rotatable bonds is 10. The first kappa shape index (κ1) is 25.0. The lowest BCUT2D eigenvalue weighted by Crippen LogP contribution is -2.48. The third-order valence-electron chi connectivity index (χ3n) is 5.60. The van der Waals surface area contributed by atoms with Crippen molar-refractivity contribution in [2.24, 2.45) is 11.0 Å². The van der Waals surface area contributed by atoms with E-state index >= 15 is 0 Å². The molecule has 0 aromatic heterocycles. The van der Waals surface area contributed by atoms with Crippen molar-refractivity contribution < 1.29 is 14.3 Å². The van der Waals surface area contributed by atoms with E-state index in [1.807, 2.05) is 69.3 Å². The number of aryl methyl sites for hydroxylation is 1. The molecule has 0 bridgehead atoms. The van der Waals surface area contributed by atoms with Gasteiger partial charge in [0.25, 0.3) is 11.8 Å². The molecule has 1 unspecified atom stereocenters. The van der Waals surface area contributed by atoms with E-state index in [0.717, 1.165) is 40.5 Å². The van der Waals surface area contributed by atoms with Crippen LogP contribution in [0.15, 0.2) is 65.8 Å². The molecule has 6 nitrogen and oxygen atoms in total. The van der Waals surface area contributed by atoms with Gasteiger partial charge in [0.05, 0.1) is 12.8 Å². The molecular formula is C28H33N3O3. The van der Waals surface area contributed by atoms with E-state index in [1.165, 1.54) is 0 Å². The first-order chi connectivity index (χ1) is 16.4. The average Bonchev–Trinajstić information content (AvgIpc) is 2.83. The van der Waals surface area contributed by atoms with Crippen LogP contribution >= 0.6 is 0 Å².